The molecule has 1 aliphatic rings. The second-order valence-electron chi connectivity index (χ2n) is 9.36. The second kappa shape index (κ2) is 9.58. The van der Waals surface area contributed by atoms with Crippen LogP contribution in [0.1, 0.15) is 49.4 Å². The van der Waals surface area contributed by atoms with Gasteiger partial charge in [0.05, 0.1) is 10.5 Å². The van der Waals surface area contributed by atoms with Gasteiger partial charge in [-0.1, -0.05) is 36.9 Å². The molecule has 0 atom stereocenters. The van der Waals surface area contributed by atoms with E-state index < -0.39 is 0 Å². The molecule has 35 heavy (non-hydrogen) atoms. The smallest absolute Gasteiger partial charge is 0.251 e. The largest absolute Gasteiger partial charge is 0.456 e. The van der Waals surface area contributed by atoms with Gasteiger partial charge in [-0.05, 0) is 62.2 Å². The fraction of sp³-hybridized carbons (Fsp3) is 0.296. The molecule has 2 aromatic carbocycles. The predicted molar refractivity (Wildman–Crippen MR) is 139 cm³/mol. The topological polar surface area (TPSA) is 81.1 Å². The third kappa shape index (κ3) is 5.10. The molecule has 1 aliphatic carbocycles. The minimum Gasteiger partial charge on any atom is -0.456 e. The molecule has 4 aromatic rings. The molecule has 2 heterocycles. The Bertz CT molecular complexity index is 1380. The highest BCUT2D eigenvalue weighted by atomic mass is 35.5. The first kappa shape index (κ1) is 23.2. The van der Waals surface area contributed by atoms with Crippen molar-refractivity contribution < 1.29 is 9.53 Å². The van der Waals surface area contributed by atoms with E-state index in [1.807, 2.05) is 42.1 Å². The number of nitrogens with zero attached hydrogens (tertiary/aromatic N) is 3. The zero-order valence-corrected chi connectivity index (χ0v) is 20.6. The van der Waals surface area contributed by atoms with E-state index in [1.165, 1.54) is 12.7 Å². The number of amides is 1. The van der Waals surface area contributed by atoms with Crippen molar-refractivity contribution in [3.05, 3.63) is 71.6 Å². The van der Waals surface area contributed by atoms with Crippen molar-refractivity contribution in [3.8, 4) is 11.5 Å². The van der Waals surface area contributed by atoms with Crippen molar-refractivity contribution in [3.63, 3.8) is 0 Å². The summed E-state index contributed by atoms with van der Waals surface area (Å²) < 4.78 is 7.99. The van der Waals surface area contributed by atoms with Crippen LogP contribution in [0.5, 0.6) is 11.5 Å². The molecule has 7 nitrogen and oxygen atoms in total. The Balaban J connectivity index is 1.30. The van der Waals surface area contributed by atoms with E-state index in [0.717, 1.165) is 42.4 Å². The maximum Gasteiger partial charge on any atom is 0.251 e. The Morgan fingerprint density at radius 3 is 2.71 bits per heavy atom. The van der Waals surface area contributed by atoms with Crippen LogP contribution in [-0.2, 0) is 7.05 Å². The van der Waals surface area contributed by atoms with E-state index in [9.17, 15) is 4.79 Å². The van der Waals surface area contributed by atoms with E-state index in [4.69, 9.17) is 16.3 Å². The molecule has 0 aliphatic heterocycles. The minimum atomic E-state index is -0.146. The number of hydrogen-bond donors (Lipinski definition) is 2. The third-order valence-electron chi connectivity index (χ3n) is 6.55. The van der Waals surface area contributed by atoms with E-state index >= 15 is 0 Å². The van der Waals surface area contributed by atoms with Gasteiger partial charge in [0.15, 0.2) is 5.82 Å². The van der Waals surface area contributed by atoms with Crippen molar-refractivity contribution >= 4 is 40.0 Å². The Morgan fingerprint density at radius 2 is 1.91 bits per heavy atom. The van der Waals surface area contributed by atoms with Crippen LogP contribution >= 0.6 is 11.6 Å². The number of aromatic nitrogens is 3. The van der Waals surface area contributed by atoms with Crippen molar-refractivity contribution in [2.24, 2.45) is 7.05 Å². The van der Waals surface area contributed by atoms with Crippen LogP contribution in [0.15, 0.2) is 61.1 Å². The summed E-state index contributed by atoms with van der Waals surface area (Å²) in [5.74, 6) is 1.66. The molecule has 1 amide bonds. The highest BCUT2D eigenvalue weighted by Crippen LogP contribution is 2.34. The number of carbonyl (C=O) groups is 1. The Morgan fingerprint density at radius 1 is 1.09 bits per heavy atom. The number of rotatable bonds is 6. The normalized spacial score (nSPS) is 15.1. The molecule has 2 aromatic heterocycles. The molecular weight excluding hydrogens is 462 g/mol. The van der Waals surface area contributed by atoms with Crippen molar-refractivity contribution in [2.45, 2.75) is 44.6 Å². The molecule has 0 radical (unpaired) electrons. The summed E-state index contributed by atoms with van der Waals surface area (Å²) in [5.41, 5.74) is 2.96. The first-order chi connectivity index (χ1) is 16.9. The van der Waals surface area contributed by atoms with E-state index in [1.54, 1.807) is 24.3 Å². The van der Waals surface area contributed by atoms with Crippen LogP contribution in [0.2, 0.25) is 5.02 Å². The molecule has 0 spiro atoms. The molecule has 0 bridgehead atoms. The number of hydrogen-bond acceptors (Lipinski definition) is 5. The highest BCUT2D eigenvalue weighted by Gasteiger charge is 2.28. The van der Waals surface area contributed by atoms with Gasteiger partial charge in [0.25, 0.3) is 5.91 Å². The first-order valence-electron chi connectivity index (χ1n) is 11.8. The molecule has 8 heteroatoms. The van der Waals surface area contributed by atoms with Gasteiger partial charge in [0.2, 0.25) is 0 Å². The van der Waals surface area contributed by atoms with Gasteiger partial charge < -0.3 is 19.9 Å². The predicted octanol–water partition coefficient (Wildman–Crippen LogP) is 6.61. The van der Waals surface area contributed by atoms with Gasteiger partial charge in [0, 0.05) is 30.0 Å². The molecular formula is C27H28ClN5O2. The minimum absolute atomic E-state index is 0.0812. The van der Waals surface area contributed by atoms with Crippen molar-refractivity contribution in [1.82, 2.24) is 19.9 Å². The number of carbonyl (C=O) groups excluding carboxylic acids is 1. The van der Waals surface area contributed by atoms with Gasteiger partial charge in [-0.3, -0.25) is 4.79 Å². The quantitative estimate of drug-likeness (QED) is 0.318. The Hall–Kier alpha value is -3.58. The molecule has 180 valence electrons. The second-order valence-corrected chi connectivity index (χ2v) is 9.77. The van der Waals surface area contributed by atoms with Crippen LogP contribution in [0.4, 0.5) is 11.5 Å². The van der Waals surface area contributed by atoms with Gasteiger partial charge in [0.1, 0.15) is 23.3 Å². The van der Waals surface area contributed by atoms with E-state index in [0.29, 0.717) is 27.9 Å². The zero-order chi connectivity index (χ0) is 24.4. The van der Waals surface area contributed by atoms with E-state index in [-0.39, 0.29) is 11.4 Å². The molecule has 1 saturated carbocycles. The lowest BCUT2D eigenvalue weighted by Crippen LogP contribution is -2.47. The average Bonchev–Trinajstić information content (AvgIpc) is 3.23. The maximum absolute atomic E-state index is 12.9. The fourth-order valence-corrected chi connectivity index (χ4v) is 4.86. The lowest BCUT2D eigenvalue weighted by molar-refractivity contribution is 0.0882. The third-order valence-corrected chi connectivity index (χ3v) is 6.85. The summed E-state index contributed by atoms with van der Waals surface area (Å²) in [6.07, 6.45) is 9.03. The van der Waals surface area contributed by atoms with Gasteiger partial charge in [-0.25, -0.2) is 9.97 Å². The summed E-state index contributed by atoms with van der Waals surface area (Å²) in [4.78, 5) is 21.6. The molecule has 1 fully saturated rings. The number of ether oxygens (including phenoxy) is 1. The van der Waals surface area contributed by atoms with Gasteiger partial charge in [-0.15, -0.1) is 0 Å². The molecule has 2 N–H and O–H groups in total. The Kier molecular flexibility index (Phi) is 6.34. The number of anilines is 2. The summed E-state index contributed by atoms with van der Waals surface area (Å²) >= 11 is 6.54. The van der Waals surface area contributed by atoms with Crippen LogP contribution in [-0.4, -0.2) is 26.0 Å². The first-order valence-corrected chi connectivity index (χ1v) is 12.2. The van der Waals surface area contributed by atoms with Crippen LogP contribution in [0.25, 0.3) is 11.0 Å². The molecule has 5 rings (SSSR count). The number of aryl methyl sites for hydroxylation is 1. The monoisotopic (exact) mass is 489 g/mol. The number of halogens is 1. The van der Waals surface area contributed by atoms with Gasteiger partial charge >= 0.3 is 0 Å². The van der Waals surface area contributed by atoms with Crippen LogP contribution in [0, 0.1) is 0 Å². The summed E-state index contributed by atoms with van der Waals surface area (Å²) in [5, 5.41) is 6.97. The summed E-state index contributed by atoms with van der Waals surface area (Å²) in [7, 11) is 1.95. The highest BCUT2D eigenvalue weighted by molar-refractivity contribution is 6.32. The van der Waals surface area contributed by atoms with Crippen LogP contribution < -0.4 is 15.4 Å². The number of benzene rings is 2. The summed E-state index contributed by atoms with van der Waals surface area (Å²) in [6.45, 7) is 2.13. The average molecular weight is 490 g/mol. The Labute approximate surface area is 209 Å². The maximum atomic E-state index is 12.9. The lowest BCUT2D eigenvalue weighted by atomic mass is 9.83. The van der Waals surface area contributed by atoms with E-state index in [2.05, 4.69) is 27.5 Å². The fourth-order valence-electron chi connectivity index (χ4n) is 4.64. The number of nitrogens with one attached hydrogen (secondary N) is 2. The van der Waals surface area contributed by atoms with Crippen molar-refractivity contribution in [2.75, 3.05) is 5.32 Å². The molecule has 0 saturated heterocycles. The zero-order valence-electron chi connectivity index (χ0n) is 19.8. The summed E-state index contributed by atoms with van der Waals surface area (Å²) in [6, 6.07) is 14.6. The number of fused-ring (bicyclic) bond motifs is 1. The molecule has 0 unspecified atom stereocenters. The van der Waals surface area contributed by atoms with Gasteiger partial charge in [-0.2, -0.15) is 0 Å². The SMILES string of the molecule is Cn1ccc2ncnc(Nc3ccc(Oc4cccc(C(=O)NC5(C)CCCCC5)c4)c(Cl)c3)c21. The lowest BCUT2D eigenvalue weighted by Gasteiger charge is -2.34. The van der Waals surface area contributed by atoms with Crippen molar-refractivity contribution in [1.29, 1.82) is 0 Å². The standard InChI is InChI=1S/C27H28ClN5O2/c1-27(12-4-3-5-13-27)32-26(34)18-7-6-8-20(15-18)35-23-10-9-19(16-21(23)28)31-25-24-22(29-17-30-25)11-14-33(24)2/h6-11,14-17H,3-5,12-13H2,1-2H3,(H,32,34)(H,29,30,31). The van der Waals surface area contributed by atoms with Crippen LogP contribution in [0.3, 0.4) is 0 Å².